The van der Waals surface area contributed by atoms with E-state index in [0.29, 0.717) is 17.4 Å². The maximum Gasteiger partial charge on any atom is 0.150 e. The first-order chi connectivity index (χ1) is 10.1. The average molecular weight is 308 g/mol. The summed E-state index contributed by atoms with van der Waals surface area (Å²) in [6.45, 7) is 0. The molecule has 116 valence electrons. The Morgan fingerprint density at radius 2 is 2.10 bits per heavy atom. The fourth-order valence-corrected chi connectivity index (χ4v) is 5.34. The molecule has 5 heteroatoms. The van der Waals surface area contributed by atoms with Crippen molar-refractivity contribution in [2.45, 2.75) is 44.1 Å². The molecule has 0 spiro atoms. The molecule has 2 unspecified atom stereocenters. The summed E-state index contributed by atoms with van der Waals surface area (Å²) >= 11 is 0. The third kappa shape index (κ3) is 3.47. The van der Waals surface area contributed by atoms with Crippen molar-refractivity contribution >= 4 is 9.84 Å². The maximum absolute atomic E-state index is 11.6. The second kappa shape index (κ2) is 6.07. The van der Waals surface area contributed by atoms with Crippen LogP contribution in [-0.4, -0.2) is 19.9 Å². The summed E-state index contributed by atoms with van der Waals surface area (Å²) in [5, 5.41) is 0. The molecule has 2 aliphatic rings. The van der Waals surface area contributed by atoms with Crippen LogP contribution in [0.15, 0.2) is 24.3 Å². The smallest absolute Gasteiger partial charge is 0.150 e. The van der Waals surface area contributed by atoms with E-state index in [-0.39, 0.29) is 12.0 Å². The Morgan fingerprint density at radius 3 is 2.67 bits per heavy atom. The van der Waals surface area contributed by atoms with Crippen LogP contribution in [0, 0.1) is 5.92 Å². The second-order valence-corrected chi connectivity index (χ2v) is 8.75. The SMILES string of the molecule is NNC(CC1CCS(=O)(=O)C1)c1cccc(C2CCC2)c1. The fourth-order valence-electron chi connectivity index (χ4n) is 3.46. The van der Waals surface area contributed by atoms with E-state index in [0.717, 1.165) is 12.8 Å². The van der Waals surface area contributed by atoms with Crippen molar-refractivity contribution in [3.05, 3.63) is 35.4 Å². The van der Waals surface area contributed by atoms with Gasteiger partial charge in [0, 0.05) is 6.04 Å². The van der Waals surface area contributed by atoms with Gasteiger partial charge in [-0.15, -0.1) is 0 Å². The molecule has 0 aromatic heterocycles. The number of hydrogen-bond donors (Lipinski definition) is 2. The first-order valence-electron chi connectivity index (χ1n) is 7.84. The van der Waals surface area contributed by atoms with Crippen LogP contribution in [-0.2, 0) is 9.84 Å². The summed E-state index contributed by atoms with van der Waals surface area (Å²) in [4.78, 5) is 0. The van der Waals surface area contributed by atoms with Crippen LogP contribution < -0.4 is 11.3 Å². The highest BCUT2D eigenvalue weighted by atomic mass is 32.2. The van der Waals surface area contributed by atoms with Gasteiger partial charge in [0.15, 0.2) is 9.84 Å². The predicted molar refractivity (Wildman–Crippen MR) is 84.5 cm³/mol. The zero-order valence-corrected chi connectivity index (χ0v) is 13.1. The summed E-state index contributed by atoms with van der Waals surface area (Å²) in [7, 11) is -2.82. The lowest BCUT2D eigenvalue weighted by Crippen LogP contribution is -2.30. The number of nitrogens with two attached hydrogens (primary N) is 1. The summed E-state index contributed by atoms with van der Waals surface area (Å²) in [5.41, 5.74) is 5.47. The zero-order chi connectivity index (χ0) is 14.9. The Labute approximate surface area is 127 Å². The highest BCUT2D eigenvalue weighted by molar-refractivity contribution is 7.91. The third-order valence-corrected chi connectivity index (χ3v) is 6.82. The van der Waals surface area contributed by atoms with Crippen LogP contribution in [0.5, 0.6) is 0 Å². The van der Waals surface area contributed by atoms with Crippen LogP contribution in [0.2, 0.25) is 0 Å². The van der Waals surface area contributed by atoms with Gasteiger partial charge in [0.2, 0.25) is 0 Å². The molecule has 0 radical (unpaired) electrons. The molecule has 21 heavy (non-hydrogen) atoms. The summed E-state index contributed by atoms with van der Waals surface area (Å²) in [6.07, 6.45) is 5.45. The molecule has 1 heterocycles. The molecule has 1 aliphatic carbocycles. The standard InChI is InChI=1S/C16H24N2O2S/c17-18-16(9-12-7-8-21(19,20)11-12)15-6-2-5-14(10-15)13-3-1-4-13/h2,5-6,10,12-13,16,18H,1,3-4,7-9,11,17H2. The molecule has 1 saturated carbocycles. The van der Waals surface area contributed by atoms with Gasteiger partial charge in [-0.3, -0.25) is 11.3 Å². The first-order valence-corrected chi connectivity index (χ1v) is 9.66. The number of sulfone groups is 1. The minimum atomic E-state index is -2.82. The molecule has 1 aromatic carbocycles. The van der Waals surface area contributed by atoms with E-state index in [9.17, 15) is 8.42 Å². The highest BCUT2D eigenvalue weighted by Gasteiger charge is 2.30. The van der Waals surface area contributed by atoms with E-state index in [1.165, 1.54) is 30.4 Å². The molecule has 1 aromatic rings. The van der Waals surface area contributed by atoms with Gasteiger partial charge in [-0.1, -0.05) is 30.7 Å². The lowest BCUT2D eigenvalue weighted by Gasteiger charge is -2.27. The lowest BCUT2D eigenvalue weighted by atomic mass is 9.79. The van der Waals surface area contributed by atoms with E-state index < -0.39 is 9.84 Å². The molecular formula is C16H24N2O2S. The van der Waals surface area contributed by atoms with Gasteiger partial charge in [-0.25, -0.2) is 8.42 Å². The summed E-state index contributed by atoms with van der Waals surface area (Å²) < 4.78 is 23.2. The van der Waals surface area contributed by atoms with Crippen molar-refractivity contribution in [3.8, 4) is 0 Å². The van der Waals surface area contributed by atoms with Crippen LogP contribution in [0.3, 0.4) is 0 Å². The van der Waals surface area contributed by atoms with Crippen LogP contribution >= 0.6 is 0 Å². The molecule has 4 nitrogen and oxygen atoms in total. The second-order valence-electron chi connectivity index (χ2n) is 6.52. The van der Waals surface area contributed by atoms with Crippen LogP contribution in [0.1, 0.15) is 55.2 Å². The minimum Gasteiger partial charge on any atom is -0.271 e. The van der Waals surface area contributed by atoms with Crippen molar-refractivity contribution in [1.29, 1.82) is 0 Å². The number of hydrogen-bond acceptors (Lipinski definition) is 4. The summed E-state index contributed by atoms with van der Waals surface area (Å²) in [5.74, 6) is 7.30. The van der Waals surface area contributed by atoms with Gasteiger partial charge in [0.25, 0.3) is 0 Å². The van der Waals surface area contributed by atoms with Crippen molar-refractivity contribution in [3.63, 3.8) is 0 Å². The van der Waals surface area contributed by atoms with E-state index in [4.69, 9.17) is 5.84 Å². The topological polar surface area (TPSA) is 72.2 Å². The van der Waals surface area contributed by atoms with Crippen molar-refractivity contribution in [2.75, 3.05) is 11.5 Å². The normalized spacial score (nSPS) is 26.4. The first kappa shape index (κ1) is 15.0. The lowest BCUT2D eigenvalue weighted by molar-refractivity contribution is 0.411. The van der Waals surface area contributed by atoms with Crippen molar-refractivity contribution in [1.82, 2.24) is 5.43 Å². The van der Waals surface area contributed by atoms with Gasteiger partial charge < -0.3 is 0 Å². The van der Waals surface area contributed by atoms with Gasteiger partial charge in [-0.2, -0.15) is 0 Å². The molecule has 1 saturated heterocycles. The van der Waals surface area contributed by atoms with E-state index in [2.05, 4.69) is 29.7 Å². The Bertz CT molecular complexity index is 596. The van der Waals surface area contributed by atoms with E-state index in [1.54, 1.807) is 0 Å². The number of benzene rings is 1. The maximum atomic E-state index is 11.6. The van der Waals surface area contributed by atoms with Gasteiger partial charge >= 0.3 is 0 Å². The van der Waals surface area contributed by atoms with Gasteiger partial charge in [-0.05, 0) is 48.6 Å². The van der Waals surface area contributed by atoms with Crippen LogP contribution in [0.25, 0.3) is 0 Å². The Morgan fingerprint density at radius 1 is 1.29 bits per heavy atom. The monoisotopic (exact) mass is 308 g/mol. The molecule has 0 bridgehead atoms. The molecule has 0 amide bonds. The van der Waals surface area contributed by atoms with Gasteiger partial charge in [0.05, 0.1) is 11.5 Å². The Balaban J connectivity index is 1.71. The van der Waals surface area contributed by atoms with E-state index >= 15 is 0 Å². The Hall–Kier alpha value is -0.910. The molecule has 3 rings (SSSR count). The highest BCUT2D eigenvalue weighted by Crippen LogP contribution is 2.37. The van der Waals surface area contributed by atoms with Crippen LogP contribution in [0.4, 0.5) is 0 Å². The van der Waals surface area contributed by atoms with Crippen molar-refractivity contribution < 1.29 is 8.42 Å². The zero-order valence-electron chi connectivity index (χ0n) is 12.3. The van der Waals surface area contributed by atoms with Crippen molar-refractivity contribution in [2.24, 2.45) is 11.8 Å². The predicted octanol–water partition coefficient (Wildman–Crippen LogP) is 2.28. The summed E-state index contributed by atoms with van der Waals surface area (Å²) in [6, 6.07) is 8.68. The Kier molecular flexibility index (Phi) is 4.33. The minimum absolute atomic E-state index is 0.0447. The molecular weight excluding hydrogens is 284 g/mol. The van der Waals surface area contributed by atoms with Gasteiger partial charge in [0.1, 0.15) is 0 Å². The molecule has 1 aliphatic heterocycles. The largest absolute Gasteiger partial charge is 0.271 e. The molecule has 3 N–H and O–H groups in total. The average Bonchev–Trinajstić information content (AvgIpc) is 2.74. The number of nitrogens with one attached hydrogen (secondary N) is 1. The fraction of sp³-hybridized carbons (Fsp3) is 0.625. The number of hydrazine groups is 1. The molecule has 2 fully saturated rings. The van der Waals surface area contributed by atoms with E-state index in [1.807, 2.05) is 0 Å². The quantitative estimate of drug-likeness (QED) is 0.646. The third-order valence-electron chi connectivity index (χ3n) is 4.99. The molecule has 2 atom stereocenters. The number of rotatable bonds is 5.